The molecule has 1 nitrogen and oxygen atoms in total. The highest BCUT2D eigenvalue weighted by atomic mass is 28.4. The van der Waals surface area contributed by atoms with Crippen LogP contribution in [0.5, 0.6) is 0 Å². The normalized spacial score (nSPS) is 23.5. The molecule has 1 aromatic carbocycles. The summed E-state index contributed by atoms with van der Waals surface area (Å²) in [6, 6.07) is 14.0. The van der Waals surface area contributed by atoms with E-state index in [1.807, 2.05) is 0 Å². The third-order valence-corrected chi connectivity index (χ3v) is 14.2. The van der Waals surface area contributed by atoms with E-state index >= 15 is 0 Å². The molecule has 2 rings (SSSR count). The van der Waals surface area contributed by atoms with Gasteiger partial charge < -0.3 is 4.23 Å². The Hall–Kier alpha value is -0.386. The molecule has 0 radical (unpaired) electrons. The largest absolute Gasteiger partial charge is 0.342 e. The molecule has 0 spiro atoms. The number of hydrogen-bond donors (Lipinski definition) is 0. The minimum Gasteiger partial charge on any atom is -0.342 e. The molecule has 0 amide bonds. The third-order valence-electron chi connectivity index (χ3n) is 4.22. The van der Waals surface area contributed by atoms with E-state index in [0.29, 0.717) is 0 Å². The smallest absolute Gasteiger partial charge is 0.115 e. The maximum atomic E-state index is 2.96. The van der Waals surface area contributed by atoms with E-state index in [1.54, 1.807) is 0 Å². The van der Waals surface area contributed by atoms with Crippen molar-refractivity contribution in [3.63, 3.8) is 0 Å². The van der Waals surface area contributed by atoms with Crippen molar-refractivity contribution in [2.45, 2.75) is 51.2 Å². The van der Waals surface area contributed by atoms with E-state index in [4.69, 9.17) is 0 Å². The summed E-state index contributed by atoms with van der Waals surface area (Å²) in [6.45, 7) is 11.4. The molecule has 1 saturated heterocycles. The van der Waals surface area contributed by atoms with Crippen LogP contribution in [0.25, 0.3) is 0 Å². The monoisotopic (exact) mass is 263 g/mol. The number of rotatable bonds is 2. The fourth-order valence-electron chi connectivity index (χ4n) is 3.24. The quantitative estimate of drug-likeness (QED) is 0.719. The van der Waals surface area contributed by atoms with Crippen molar-refractivity contribution < 1.29 is 0 Å². The van der Waals surface area contributed by atoms with Gasteiger partial charge in [-0.1, -0.05) is 62.9 Å². The first-order chi connectivity index (χ1) is 7.92. The molecule has 1 aliphatic rings. The van der Waals surface area contributed by atoms with Gasteiger partial charge in [0.15, 0.2) is 0 Å². The Bertz CT molecular complexity index is 357. The summed E-state index contributed by atoms with van der Waals surface area (Å²) in [4.78, 5) is 0. The molecule has 1 aromatic rings. The van der Waals surface area contributed by atoms with Crippen LogP contribution in [0, 0.1) is 0 Å². The van der Waals surface area contributed by atoms with Gasteiger partial charge in [-0.2, -0.15) is 0 Å². The zero-order chi connectivity index (χ0) is 12.5. The second-order valence-electron chi connectivity index (χ2n) is 6.55. The van der Waals surface area contributed by atoms with Crippen LogP contribution in [0.2, 0.25) is 38.3 Å². The van der Waals surface area contributed by atoms with Crippen molar-refractivity contribution in [2.75, 3.05) is 0 Å². The molecule has 17 heavy (non-hydrogen) atoms. The molecule has 0 bridgehead atoms. The summed E-state index contributed by atoms with van der Waals surface area (Å²) < 4.78 is 2.96. The van der Waals surface area contributed by atoms with Crippen molar-refractivity contribution in [2.24, 2.45) is 0 Å². The van der Waals surface area contributed by atoms with Gasteiger partial charge >= 0.3 is 0 Å². The lowest BCUT2D eigenvalue weighted by Gasteiger charge is -2.51. The third kappa shape index (κ3) is 2.90. The highest BCUT2D eigenvalue weighted by molar-refractivity contribution is 6.91. The topological polar surface area (TPSA) is 3.24 Å². The fourth-order valence-corrected chi connectivity index (χ4v) is 14.7. The van der Waals surface area contributed by atoms with Crippen molar-refractivity contribution in [1.82, 2.24) is 4.23 Å². The van der Waals surface area contributed by atoms with E-state index in [-0.39, 0.29) is 0 Å². The van der Waals surface area contributed by atoms with Crippen molar-refractivity contribution in [1.29, 1.82) is 0 Å². The predicted molar refractivity (Wildman–Crippen MR) is 81.2 cm³/mol. The Balaban J connectivity index is 2.21. The van der Waals surface area contributed by atoms with E-state index in [1.165, 1.54) is 30.6 Å². The summed E-state index contributed by atoms with van der Waals surface area (Å²) in [5.74, 6) is 0. The van der Waals surface area contributed by atoms with Crippen LogP contribution in [-0.2, 0) is 6.54 Å². The van der Waals surface area contributed by atoms with Gasteiger partial charge in [-0.05, 0) is 17.7 Å². The Labute approximate surface area is 108 Å². The highest BCUT2D eigenvalue weighted by Crippen LogP contribution is 2.35. The van der Waals surface area contributed by atoms with Gasteiger partial charge in [0.1, 0.15) is 16.5 Å². The summed E-state index contributed by atoms with van der Waals surface area (Å²) >= 11 is 0. The summed E-state index contributed by atoms with van der Waals surface area (Å²) in [7, 11) is -2.29. The lowest BCUT2D eigenvalue weighted by Crippen LogP contribution is -2.63. The fraction of sp³-hybridized carbons (Fsp3) is 0.571. The van der Waals surface area contributed by atoms with Crippen molar-refractivity contribution in [3.8, 4) is 0 Å². The van der Waals surface area contributed by atoms with E-state index in [0.717, 1.165) is 0 Å². The van der Waals surface area contributed by atoms with Crippen molar-refractivity contribution >= 4 is 16.5 Å². The summed E-state index contributed by atoms with van der Waals surface area (Å²) in [5.41, 5.74) is 1.50. The van der Waals surface area contributed by atoms with Gasteiger partial charge in [0.25, 0.3) is 0 Å². The molecule has 0 N–H and O–H groups in total. The predicted octanol–water partition coefficient (Wildman–Crippen LogP) is 4.30. The summed E-state index contributed by atoms with van der Waals surface area (Å²) in [6.07, 6.45) is 1.48. The first kappa shape index (κ1) is 13.1. The first-order valence-electron chi connectivity index (χ1n) is 6.73. The zero-order valence-corrected chi connectivity index (χ0v) is 13.7. The second-order valence-corrected chi connectivity index (χ2v) is 16.3. The molecule has 0 saturated carbocycles. The molecule has 3 heteroatoms. The molecular formula is C14H25NSi2. The van der Waals surface area contributed by atoms with Crippen LogP contribution in [0.3, 0.4) is 0 Å². The van der Waals surface area contributed by atoms with E-state index in [2.05, 4.69) is 60.8 Å². The Morgan fingerprint density at radius 2 is 1.47 bits per heavy atom. The maximum absolute atomic E-state index is 2.96. The molecule has 1 fully saturated rings. The molecule has 0 unspecified atom stereocenters. The van der Waals surface area contributed by atoms with Crippen LogP contribution < -0.4 is 0 Å². The van der Waals surface area contributed by atoms with Crippen LogP contribution in [0.15, 0.2) is 30.3 Å². The van der Waals surface area contributed by atoms with Crippen molar-refractivity contribution in [3.05, 3.63) is 35.9 Å². The molecule has 94 valence electrons. The maximum Gasteiger partial charge on any atom is 0.115 e. The molecule has 1 heterocycles. The molecular weight excluding hydrogens is 238 g/mol. The van der Waals surface area contributed by atoms with Gasteiger partial charge in [0.2, 0.25) is 0 Å². The van der Waals surface area contributed by atoms with Crippen LogP contribution in [0.1, 0.15) is 12.0 Å². The number of nitrogens with zero attached hydrogens (tertiary/aromatic N) is 1. The van der Waals surface area contributed by atoms with Gasteiger partial charge in [0.05, 0.1) is 0 Å². The SMILES string of the molecule is C[Si]1(C)CCC[Si](C)(C)N1Cc1ccccc1. The lowest BCUT2D eigenvalue weighted by atomic mass is 10.2. The molecule has 0 aromatic heterocycles. The Kier molecular flexibility index (Phi) is 3.62. The Morgan fingerprint density at radius 3 is 2.00 bits per heavy atom. The van der Waals surface area contributed by atoms with Gasteiger partial charge in [-0.15, -0.1) is 0 Å². The highest BCUT2D eigenvalue weighted by Gasteiger charge is 2.43. The average Bonchev–Trinajstić information content (AvgIpc) is 2.25. The van der Waals surface area contributed by atoms with E-state index in [9.17, 15) is 0 Å². The molecule has 1 aliphatic heterocycles. The Morgan fingerprint density at radius 1 is 0.941 bits per heavy atom. The minimum absolute atomic E-state index is 1.14. The number of benzene rings is 1. The van der Waals surface area contributed by atoms with Gasteiger partial charge in [-0.3, -0.25) is 0 Å². The van der Waals surface area contributed by atoms with Crippen LogP contribution >= 0.6 is 0 Å². The zero-order valence-electron chi connectivity index (χ0n) is 11.7. The number of hydrogen-bond acceptors (Lipinski definition) is 1. The van der Waals surface area contributed by atoms with Crippen LogP contribution in [-0.4, -0.2) is 20.7 Å². The molecule has 0 atom stereocenters. The standard InChI is InChI=1S/C14H25NSi2/c1-16(2)11-8-12-17(3,4)15(16)13-14-9-6-5-7-10-14/h5-7,9-10H,8,11-13H2,1-4H3. The molecule has 0 aliphatic carbocycles. The minimum atomic E-state index is -1.14. The average molecular weight is 264 g/mol. The van der Waals surface area contributed by atoms with Crippen LogP contribution in [0.4, 0.5) is 0 Å². The summed E-state index contributed by atoms with van der Waals surface area (Å²) in [5, 5.41) is 0. The first-order valence-corrected chi connectivity index (χ1v) is 13.0. The van der Waals surface area contributed by atoms with Gasteiger partial charge in [-0.25, -0.2) is 0 Å². The second kappa shape index (κ2) is 4.71. The van der Waals surface area contributed by atoms with E-state index < -0.39 is 16.5 Å². The van der Waals surface area contributed by atoms with Gasteiger partial charge in [0, 0.05) is 6.54 Å². The lowest BCUT2D eigenvalue weighted by molar-refractivity contribution is 0.572.